The number of hydrogen-bond donors (Lipinski definition) is 0. The fourth-order valence-corrected chi connectivity index (χ4v) is 2.64. The standard InChI is InChI=1S/C16H36N.Na.H2O/c1-5-9-13-17(14-10-6-2,15-11-7-3)16-12-8-4;;/h5-16H2,1-4H3;;1H2/q+1;;/p-1. The van der Waals surface area contributed by atoms with Gasteiger partial charge < -0.3 is 9.96 Å². The molecule has 113 valence electrons. The normalized spacial score (nSPS) is 10.7. The predicted octanol–water partition coefficient (Wildman–Crippen LogP) is 4.45. The van der Waals surface area contributed by atoms with Crippen LogP contribution in [-0.2, 0) is 0 Å². The quantitative estimate of drug-likeness (QED) is 0.384. The Morgan fingerprint density at radius 1 is 0.526 bits per heavy atom. The minimum absolute atomic E-state index is 0. The number of unbranched alkanes of at least 4 members (excludes halogenated alkanes) is 4. The van der Waals surface area contributed by atoms with Crippen LogP contribution in [-0.4, -0.2) is 65.7 Å². The molecule has 0 aromatic rings. The van der Waals surface area contributed by atoms with E-state index in [1.54, 1.807) is 0 Å². The fourth-order valence-electron chi connectivity index (χ4n) is 2.64. The molecule has 0 heterocycles. The van der Waals surface area contributed by atoms with Gasteiger partial charge in [0.05, 0.1) is 26.2 Å². The van der Waals surface area contributed by atoms with Crippen molar-refractivity contribution in [2.75, 3.05) is 26.2 Å². The summed E-state index contributed by atoms with van der Waals surface area (Å²) in [5, 5.41) is 0. The summed E-state index contributed by atoms with van der Waals surface area (Å²) in [5.74, 6) is 0. The van der Waals surface area contributed by atoms with Crippen molar-refractivity contribution in [3.8, 4) is 0 Å². The van der Waals surface area contributed by atoms with Crippen LogP contribution in [0.2, 0.25) is 0 Å². The summed E-state index contributed by atoms with van der Waals surface area (Å²) in [6.45, 7) is 15.0. The SMILES string of the molecule is CCCC[N+](CCCC)(CCCC)CCCC.[Na].[OH-]. The topological polar surface area (TPSA) is 30.0 Å². The van der Waals surface area contributed by atoms with Crippen LogP contribution in [0.15, 0.2) is 0 Å². The Kier molecular flexibility index (Phi) is 22.3. The first-order valence-electron chi connectivity index (χ1n) is 8.09. The van der Waals surface area contributed by atoms with Crippen molar-refractivity contribution in [2.45, 2.75) is 79.1 Å². The van der Waals surface area contributed by atoms with Crippen LogP contribution in [0.1, 0.15) is 79.1 Å². The first kappa shape index (κ1) is 24.9. The van der Waals surface area contributed by atoms with Crippen LogP contribution >= 0.6 is 0 Å². The molecule has 0 unspecified atom stereocenters. The molecule has 0 bridgehead atoms. The molecule has 0 aliphatic carbocycles. The molecule has 1 radical (unpaired) electrons. The van der Waals surface area contributed by atoms with E-state index in [1.807, 2.05) is 0 Å². The molecular weight excluding hydrogens is 245 g/mol. The maximum Gasteiger partial charge on any atom is 0.0786 e. The predicted molar refractivity (Wildman–Crippen MR) is 87.1 cm³/mol. The summed E-state index contributed by atoms with van der Waals surface area (Å²) >= 11 is 0. The summed E-state index contributed by atoms with van der Waals surface area (Å²) in [4.78, 5) is 0. The second kappa shape index (κ2) is 17.0. The molecule has 0 spiro atoms. The Bertz CT molecular complexity index is 127. The molecule has 3 heteroatoms. The third-order valence-corrected chi connectivity index (χ3v) is 3.94. The molecule has 0 aliphatic heterocycles. The zero-order valence-corrected chi connectivity index (χ0v) is 16.4. The van der Waals surface area contributed by atoms with Crippen LogP contribution < -0.4 is 0 Å². The van der Waals surface area contributed by atoms with Crippen molar-refractivity contribution in [2.24, 2.45) is 0 Å². The first-order chi connectivity index (χ1) is 8.24. The monoisotopic (exact) mass is 282 g/mol. The molecule has 19 heavy (non-hydrogen) atoms. The Morgan fingerprint density at radius 2 is 0.737 bits per heavy atom. The van der Waals surface area contributed by atoms with Gasteiger partial charge in [0.25, 0.3) is 0 Å². The van der Waals surface area contributed by atoms with Crippen molar-refractivity contribution in [1.82, 2.24) is 0 Å². The first-order valence-corrected chi connectivity index (χ1v) is 8.09. The minimum atomic E-state index is 0. The Morgan fingerprint density at radius 3 is 0.895 bits per heavy atom. The third kappa shape index (κ3) is 12.4. The van der Waals surface area contributed by atoms with Crippen molar-refractivity contribution in [3.05, 3.63) is 0 Å². The van der Waals surface area contributed by atoms with Crippen LogP contribution in [0, 0.1) is 0 Å². The number of hydrogen-bond acceptors (Lipinski definition) is 1. The van der Waals surface area contributed by atoms with Gasteiger partial charge in [-0.25, -0.2) is 0 Å². The molecule has 0 aromatic carbocycles. The molecule has 1 N–H and O–H groups in total. The Hall–Kier alpha value is 0.920. The van der Waals surface area contributed by atoms with Gasteiger partial charge in [0.1, 0.15) is 0 Å². The summed E-state index contributed by atoms with van der Waals surface area (Å²) < 4.78 is 1.42. The molecular formula is C16H37NNaO. The van der Waals surface area contributed by atoms with E-state index in [1.165, 1.54) is 82.0 Å². The van der Waals surface area contributed by atoms with Crippen LogP contribution in [0.3, 0.4) is 0 Å². The van der Waals surface area contributed by atoms with Gasteiger partial charge in [-0.3, -0.25) is 0 Å². The van der Waals surface area contributed by atoms with E-state index >= 15 is 0 Å². The van der Waals surface area contributed by atoms with E-state index in [-0.39, 0.29) is 35.0 Å². The van der Waals surface area contributed by atoms with Gasteiger partial charge in [0.15, 0.2) is 0 Å². The second-order valence-electron chi connectivity index (χ2n) is 5.65. The maximum atomic E-state index is 2.33. The van der Waals surface area contributed by atoms with E-state index in [0.29, 0.717) is 0 Å². The average molecular weight is 282 g/mol. The molecule has 0 aliphatic rings. The fraction of sp³-hybridized carbons (Fsp3) is 1.00. The van der Waals surface area contributed by atoms with Gasteiger partial charge in [-0.15, -0.1) is 0 Å². The minimum Gasteiger partial charge on any atom is -0.870 e. The van der Waals surface area contributed by atoms with E-state index in [4.69, 9.17) is 0 Å². The van der Waals surface area contributed by atoms with Gasteiger partial charge in [0.2, 0.25) is 0 Å². The maximum absolute atomic E-state index is 2.33. The summed E-state index contributed by atoms with van der Waals surface area (Å²) in [6, 6.07) is 0. The van der Waals surface area contributed by atoms with E-state index in [2.05, 4.69) is 27.7 Å². The molecule has 0 atom stereocenters. The average Bonchev–Trinajstić information content (AvgIpc) is 2.37. The molecule has 2 nitrogen and oxygen atoms in total. The van der Waals surface area contributed by atoms with Crippen molar-refractivity contribution in [3.63, 3.8) is 0 Å². The van der Waals surface area contributed by atoms with Crippen LogP contribution in [0.25, 0.3) is 0 Å². The second-order valence-corrected chi connectivity index (χ2v) is 5.65. The molecule has 0 amide bonds. The Balaban J connectivity index is -0.00000128. The van der Waals surface area contributed by atoms with Crippen molar-refractivity contribution in [1.29, 1.82) is 0 Å². The van der Waals surface area contributed by atoms with E-state index in [0.717, 1.165) is 0 Å². The molecule has 0 rings (SSSR count). The molecule has 0 saturated carbocycles. The summed E-state index contributed by atoms with van der Waals surface area (Å²) in [7, 11) is 0. The molecule has 0 aromatic heterocycles. The molecule has 0 saturated heterocycles. The van der Waals surface area contributed by atoms with Crippen LogP contribution in [0.4, 0.5) is 0 Å². The number of rotatable bonds is 12. The summed E-state index contributed by atoms with van der Waals surface area (Å²) in [6.07, 6.45) is 11.1. The number of quaternary nitrogens is 1. The largest absolute Gasteiger partial charge is 0.870 e. The summed E-state index contributed by atoms with van der Waals surface area (Å²) in [5.41, 5.74) is 0. The smallest absolute Gasteiger partial charge is 0.0786 e. The van der Waals surface area contributed by atoms with Gasteiger partial charge in [-0.2, -0.15) is 0 Å². The third-order valence-electron chi connectivity index (χ3n) is 3.94. The van der Waals surface area contributed by atoms with Crippen molar-refractivity contribution >= 4 is 29.6 Å². The zero-order chi connectivity index (χ0) is 13.0. The van der Waals surface area contributed by atoms with Crippen molar-refractivity contribution < 1.29 is 9.96 Å². The van der Waals surface area contributed by atoms with E-state index in [9.17, 15) is 0 Å². The van der Waals surface area contributed by atoms with E-state index < -0.39 is 0 Å². The van der Waals surface area contributed by atoms with Crippen LogP contribution in [0.5, 0.6) is 0 Å². The number of nitrogens with zero attached hydrogens (tertiary/aromatic N) is 1. The zero-order valence-electron chi connectivity index (χ0n) is 14.4. The van der Waals surface area contributed by atoms with Gasteiger partial charge in [0, 0.05) is 29.6 Å². The molecule has 0 fully saturated rings. The van der Waals surface area contributed by atoms with Gasteiger partial charge >= 0.3 is 0 Å². The van der Waals surface area contributed by atoms with Gasteiger partial charge in [-0.1, -0.05) is 53.4 Å². The van der Waals surface area contributed by atoms with Gasteiger partial charge in [-0.05, 0) is 25.7 Å². The Labute approximate surface area is 144 Å².